The molecule has 6 heteroatoms. The zero-order valence-corrected chi connectivity index (χ0v) is 9.85. The first-order valence-electron chi connectivity index (χ1n) is 4.06. The van der Waals surface area contributed by atoms with E-state index in [4.69, 9.17) is 10.5 Å². The molecule has 0 unspecified atom stereocenters. The third-order valence-corrected chi connectivity index (χ3v) is 2.35. The number of hydrogen-bond acceptors (Lipinski definition) is 3. The van der Waals surface area contributed by atoms with Crippen molar-refractivity contribution in [2.24, 2.45) is 5.73 Å². The quantitative estimate of drug-likeness (QED) is 0.811. The first-order valence-corrected chi connectivity index (χ1v) is 5.14. The van der Waals surface area contributed by atoms with Crippen molar-refractivity contribution in [1.29, 1.82) is 0 Å². The zero-order valence-electron chi connectivity index (χ0n) is 7.70. The number of rotatable bonds is 3. The number of primary amides is 1. The third-order valence-electron chi connectivity index (χ3n) is 1.46. The van der Waals surface area contributed by atoms with Gasteiger partial charge in [0.1, 0.15) is 5.75 Å². The molecule has 3 amide bonds. The van der Waals surface area contributed by atoms with E-state index in [2.05, 4.69) is 22.6 Å². The molecular formula is C9H9IN2O3. The molecule has 0 bridgehead atoms. The van der Waals surface area contributed by atoms with Crippen molar-refractivity contribution in [3.63, 3.8) is 0 Å². The summed E-state index contributed by atoms with van der Waals surface area (Å²) in [5, 5.41) is 1.90. The van der Waals surface area contributed by atoms with E-state index in [9.17, 15) is 9.59 Å². The number of nitrogens with two attached hydrogens (primary N) is 1. The molecule has 80 valence electrons. The lowest BCUT2D eigenvalue weighted by atomic mass is 10.3. The third kappa shape index (κ3) is 4.15. The van der Waals surface area contributed by atoms with Gasteiger partial charge in [-0.3, -0.25) is 10.1 Å². The van der Waals surface area contributed by atoms with Gasteiger partial charge in [-0.25, -0.2) is 4.79 Å². The Hall–Kier alpha value is -1.31. The number of benzene rings is 1. The fraction of sp³-hybridized carbons (Fsp3) is 0.111. The van der Waals surface area contributed by atoms with Crippen molar-refractivity contribution in [3.8, 4) is 5.75 Å². The number of urea groups is 1. The molecule has 5 nitrogen and oxygen atoms in total. The first kappa shape index (κ1) is 11.8. The van der Waals surface area contributed by atoms with E-state index in [-0.39, 0.29) is 6.61 Å². The summed E-state index contributed by atoms with van der Waals surface area (Å²) in [5.74, 6) is 0.0277. The predicted molar refractivity (Wildman–Crippen MR) is 62.4 cm³/mol. The van der Waals surface area contributed by atoms with Crippen LogP contribution < -0.4 is 15.8 Å². The second-order valence-corrected chi connectivity index (χ2v) is 3.79. The normalized spacial score (nSPS) is 9.40. The van der Waals surface area contributed by atoms with Crippen LogP contribution in [0.5, 0.6) is 5.75 Å². The Kier molecular flexibility index (Phi) is 4.35. The van der Waals surface area contributed by atoms with Gasteiger partial charge < -0.3 is 10.5 Å². The first-order chi connectivity index (χ1) is 7.09. The van der Waals surface area contributed by atoms with E-state index >= 15 is 0 Å². The van der Waals surface area contributed by atoms with Crippen molar-refractivity contribution < 1.29 is 14.3 Å². The molecule has 0 saturated carbocycles. The fourth-order valence-electron chi connectivity index (χ4n) is 0.879. The zero-order chi connectivity index (χ0) is 11.3. The molecule has 1 rings (SSSR count). The smallest absolute Gasteiger partial charge is 0.318 e. The molecule has 0 aliphatic heterocycles. The Balaban J connectivity index is 2.47. The lowest BCUT2D eigenvalue weighted by Gasteiger charge is -2.06. The lowest BCUT2D eigenvalue weighted by Crippen LogP contribution is -2.38. The van der Waals surface area contributed by atoms with Crippen LogP contribution >= 0.6 is 22.6 Å². The summed E-state index contributed by atoms with van der Waals surface area (Å²) in [7, 11) is 0. The number of ether oxygens (including phenoxy) is 1. The predicted octanol–water partition coefficient (Wildman–Crippen LogP) is 0.865. The van der Waals surface area contributed by atoms with Crippen LogP contribution in [0.25, 0.3) is 0 Å². The van der Waals surface area contributed by atoms with Crippen molar-refractivity contribution in [1.82, 2.24) is 5.32 Å². The molecule has 0 aliphatic rings. The highest BCUT2D eigenvalue weighted by molar-refractivity contribution is 14.1. The molecule has 0 atom stereocenters. The Labute approximate surface area is 100 Å². The van der Waals surface area contributed by atoms with Gasteiger partial charge in [0.15, 0.2) is 6.61 Å². The van der Waals surface area contributed by atoms with Gasteiger partial charge in [-0.15, -0.1) is 0 Å². The molecule has 0 fully saturated rings. The van der Waals surface area contributed by atoms with E-state index in [0.717, 1.165) is 3.57 Å². The molecule has 0 radical (unpaired) electrons. The number of amides is 3. The van der Waals surface area contributed by atoms with Gasteiger partial charge in [0, 0.05) is 0 Å². The molecule has 3 N–H and O–H groups in total. The van der Waals surface area contributed by atoms with Crippen LogP contribution in [-0.2, 0) is 4.79 Å². The maximum absolute atomic E-state index is 11.0. The summed E-state index contributed by atoms with van der Waals surface area (Å²) in [4.78, 5) is 21.3. The van der Waals surface area contributed by atoms with Crippen molar-refractivity contribution in [3.05, 3.63) is 27.8 Å². The summed E-state index contributed by atoms with van der Waals surface area (Å²) >= 11 is 2.08. The van der Waals surface area contributed by atoms with Gasteiger partial charge in [0.25, 0.3) is 5.91 Å². The van der Waals surface area contributed by atoms with Crippen molar-refractivity contribution >= 4 is 34.5 Å². The molecule has 0 saturated heterocycles. The van der Waals surface area contributed by atoms with E-state index in [1.807, 2.05) is 17.4 Å². The SMILES string of the molecule is NC(=O)NC(=O)COc1ccccc1I. The number of nitrogens with one attached hydrogen (secondary N) is 1. The van der Waals surface area contributed by atoms with Crippen LogP contribution in [0, 0.1) is 3.57 Å². The summed E-state index contributed by atoms with van der Waals surface area (Å²) in [6.45, 7) is -0.233. The molecular weight excluding hydrogens is 311 g/mol. The van der Waals surface area contributed by atoms with Crippen molar-refractivity contribution in [2.45, 2.75) is 0 Å². The number of imide groups is 1. The molecule has 0 spiro atoms. The van der Waals surface area contributed by atoms with E-state index in [1.165, 1.54) is 0 Å². The van der Waals surface area contributed by atoms with Crippen LogP contribution in [0.3, 0.4) is 0 Å². The fourth-order valence-corrected chi connectivity index (χ4v) is 1.42. The molecule has 0 heterocycles. The summed E-state index contributed by atoms with van der Waals surface area (Å²) < 4.78 is 6.06. The minimum atomic E-state index is -0.883. The van der Waals surface area contributed by atoms with E-state index in [0.29, 0.717) is 5.75 Å². The lowest BCUT2D eigenvalue weighted by molar-refractivity contribution is -0.121. The monoisotopic (exact) mass is 320 g/mol. The summed E-state index contributed by atoms with van der Waals surface area (Å²) in [6, 6.07) is 6.36. The van der Waals surface area contributed by atoms with Crippen molar-refractivity contribution in [2.75, 3.05) is 6.61 Å². The summed E-state index contributed by atoms with van der Waals surface area (Å²) in [5.41, 5.74) is 4.76. The standard InChI is InChI=1S/C9H9IN2O3/c10-6-3-1-2-4-7(6)15-5-8(13)12-9(11)14/h1-4H,5H2,(H3,11,12,13,14). The number of para-hydroxylation sites is 1. The Morgan fingerprint density at radius 2 is 2.07 bits per heavy atom. The highest BCUT2D eigenvalue weighted by Crippen LogP contribution is 2.19. The second kappa shape index (κ2) is 5.54. The van der Waals surface area contributed by atoms with Crippen LogP contribution in [0.1, 0.15) is 0 Å². The number of halogens is 1. The molecule has 1 aromatic rings. The van der Waals surface area contributed by atoms with Crippen LogP contribution in [-0.4, -0.2) is 18.5 Å². The average Bonchev–Trinajstić information content (AvgIpc) is 2.15. The van der Waals surface area contributed by atoms with Gasteiger partial charge in [-0.05, 0) is 34.7 Å². The Bertz CT molecular complexity index is 381. The second-order valence-electron chi connectivity index (χ2n) is 2.63. The molecule has 15 heavy (non-hydrogen) atoms. The largest absolute Gasteiger partial charge is 0.483 e. The van der Waals surface area contributed by atoms with Gasteiger partial charge in [-0.1, -0.05) is 12.1 Å². The van der Waals surface area contributed by atoms with Crippen LogP contribution in [0.2, 0.25) is 0 Å². The molecule has 0 aliphatic carbocycles. The van der Waals surface area contributed by atoms with Crippen LogP contribution in [0.15, 0.2) is 24.3 Å². The Morgan fingerprint density at radius 1 is 1.40 bits per heavy atom. The van der Waals surface area contributed by atoms with E-state index < -0.39 is 11.9 Å². The highest BCUT2D eigenvalue weighted by atomic mass is 127. The number of carbonyl (C=O) groups excluding carboxylic acids is 2. The van der Waals surface area contributed by atoms with Gasteiger partial charge in [0.05, 0.1) is 3.57 Å². The van der Waals surface area contributed by atoms with Gasteiger partial charge in [-0.2, -0.15) is 0 Å². The topological polar surface area (TPSA) is 81.4 Å². The Morgan fingerprint density at radius 3 is 2.67 bits per heavy atom. The van der Waals surface area contributed by atoms with Gasteiger partial charge in [0.2, 0.25) is 0 Å². The van der Waals surface area contributed by atoms with Crippen LogP contribution in [0.4, 0.5) is 4.79 Å². The number of hydrogen-bond donors (Lipinski definition) is 2. The number of carbonyl (C=O) groups is 2. The maximum Gasteiger partial charge on any atom is 0.318 e. The maximum atomic E-state index is 11.0. The summed E-state index contributed by atoms with van der Waals surface area (Å²) in [6.07, 6.45) is 0. The molecule has 0 aromatic heterocycles. The van der Waals surface area contributed by atoms with Gasteiger partial charge >= 0.3 is 6.03 Å². The highest BCUT2D eigenvalue weighted by Gasteiger charge is 2.06. The minimum absolute atomic E-state index is 0.233. The minimum Gasteiger partial charge on any atom is -0.483 e. The average molecular weight is 320 g/mol. The molecule has 1 aromatic carbocycles. The van der Waals surface area contributed by atoms with E-state index in [1.54, 1.807) is 12.1 Å².